The molecule has 1 heterocycles. The maximum Gasteiger partial charge on any atom is 0.377 e. The van der Waals surface area contributed by atoms with Gasteiger partial charge in [0.25, 0.3) is 11.8 Å². The second kappa shape index (κ2) is 8.48. The largest absolute Gasteiger partial charge is 0.450 e. The summed E-state index contributed by atoms with van der Waals surface area (Å²) in [6.45, 7) is 1.16. The zero-order chi connectivity index (χ0) is 19.2. The summed E-state index contributed by atoms with van der Waals surface area (Å²) in [5.74, 6) is -1.64. The van der Waals surface area contributed by atoms with Gasteiger partial charge >= 0.3 is 5.97 Å². The second-order valence-corrected chi connectivity index (χ2v) is 6.46. The molecule has 1 aliphatic rings. The van der Waals surface area contributed by atoms with E-state index in [0.717, 1.165) is 25.7 Å². The number of esters is 1. The van der Waals surface area contributed by atoms with Crippen LogP contribution in [0.5, 0.6) is 0 Å². The smallest absolute Gasteiger partial charge is 0.377 e. The molecule has 2 N–H and O–H groups in total. The third kappa shape index (κ3) is 4.93. The summed E-state index contributed by atoms with van der Waals surface area (Å²) in [5.41, 5.74) is 1.27. The SMILES string of the molecule is Cc1cc(C(=O)OCC(=O)Nc2ccccc2C(=O)NC2CCCC2)on1. The van der Waals surface area contributed by atoms with Gasteiger partial charge < -0.3 is 19.9 Å². The van der Waals surface area contributed by atoms with E-state index < -0.39 is 18.5 Å². The molecule has 0 atom stereocenters. The Kier molecular flexibility index (Phi) is 5.85. The Labute approximate surface area is 156 Å². The van der Waals surface area contributed by atoms with Crippen molar-refractivity contribution in [1.82, 2.24) is 10.5 Å². The van der Waals surface area contributed by atoms with Crippen LogP contribution in [0.4, 0.5) is 5.69 Å². The van der Waals surface area contributed by atoms with Crippen molar-refractivity contribution in [2.24, 2.45) is 0 Å². The highest BCUT2D eigenvalue weighted by Crippen LogP contribution is 2.20. The molecule has 142 valence electrons. The number of aryl methyl sites for hydroxylation is 1. The van der Waals surface area contributed by atoms with Crippen molar-refractivity contribution in [1.29, 1.82) is 0 Å². The Hall–Kier alpha value is -3.16. The normalized spacial score (nSPS) is 14.0. The predicted molar refractivity (Wildman–Crippen MR) is 96.3 cm³/mol. The van der Waals surface area contributed by atoms with Crippen molar-refractivity contribution in [3.63, 3.8) is 0 Å². The lowest BCUT2D eigenvalue weighted by Crippen LogP contribution is -2.33. The molecule has 0 radical (unpaired) electrons. The van der Waals surface area contributed by atoms with Crippen molar-refractivity contribution < 1.29 is 23.6 Å². The second-order valence-electron chi connectivity index (χ2n) is 6.46. The molecule has 3 rings (SSSR count). The van der Waals surface area contributed by atoms with Crippen LogP contribution < -0.4 is 10.6 Å². The van der Waals surface area contributed by atoms with Crippen molar-refractivity contribution >= 4 is 23.5 Å². The fraction of sp³-hybridized carbons (Fsp3) is 0.368. The standard InChI is InChI=1S/C19H21N3O5/c1-12-10-16(27-22-12)19(25)26-11-17(23)21-15-9-5-4-8-14(15)18(24)20-13-6-2-3-7-13/h4-5,8-10,13H,2-3,6-7,11H2,1H3,(H,20,24)(H,21,23). The van der Waals surface area contributed by atoms with Gasteiger partial charge in [-0.05, 0) is 31.9 Å². The molecule has 1 aromatic carbocycles. The van der Waals surface area contributed by atoms with Gasteiger partial charge in [0.2, 0.25) is 5.76 Å². The molecular formula is C19H21N3O5. The topological polar surface area (TPSA) is 111 Å². The number of anilines is 1. The zero-order valence-corrected chi connectivity index (χ0v) is 15.0. The van der Waals surface area contributed by atoms with Crippen LogP contribution in [0.15, 0.2) is 34.9 Å². The minimum atomic E-state index is -0.780. The maximum atomic E-state index is 12.5. The number of amides is 2. The minimum Gasteiger partial charge on any atom is -0.450 e. The number of hydrogen-bond donors (Lipinski definition) is 2. The Morgan fingerprint density at radius 1 is 1.22 bits per heavy atom. The summed E-state index contributed by atoms with van der Waals surface area (Å²) < 4.78 is 9.68. The van der Waals surface area contributed by atoms with Gasteiger partial charge in [-0.15, -0.1) is 0 Å². The Morgan fingerprint density at radius 2 is 1.96 bits per heavy atom. The van der Waals surface area contributed by atoms with Crippen LogP contribution in [-0.2, 0) is 9.53 Å². The van der Waals surface area contributed by atoms with E-state index >= 15 is 0 Å². The Morgan fingerprint density at radius 3 is 2.67 bits per heavy atom. The zero-order valence-electron chi connectivity index (χ0n) is 15.0. The van der Waals surface area contributed by atoms with Crippen molar-refractivity contribution in [3.05, 3.63) is 47.3 Å². The Balaban J connectivity index is 1.57. The van der Waals surface area contributed by atoms with E-state index in [2.05, 4.69) is 15.8 Å². The van der Waals surface area contributed by atoms with E-state index in [1.807, 2.05) is 0 Å². The van der Waals surface area contributed by atoms with Gasteiger partial charge in [-0.3, -0.25) is 9.59 Å². The fourth-order valence-corrected chi connectivity index (χ4v) is 2.97. The van der Waals surface area contributed by atoms with Crippen LogP contribution in [0.1, 0.15) is 52.3 Å². The number of carbonyl (C=O) groups excluding carboxylic acids is 3. The highest BCUT2D eigenvalue weighted by atomic mass is 16.6. The summed E-state index contributed by atoms with van der Waals surface area (Å²) in [6.07, 6.45) is 4.16. The molecule has 0 aliphatic heterocycles. The van der Waals surface area contributed by atoms with Crippen LogP contribution >= 0.6 is 0 Å². The van der Waals surface area contributed by atoms with Crippen molar-refractivity contribution in [2.45, 2.75) is 38.6 Å². The van der Waals surface area contributed by atoms with Gasteiger partial charge in [-0.1, -0.05) is 30.1 Å². The number of rotatable bonds is 6. The lowest BCUT2D eigenvalue weighted by atomic mass is 10.1. The molecular weight excluding hydrogens is 350 g/mol. The van der Waals surface area contributed by atoms with E-state index in [-0.39, 0.29) is 17.7 Å². The fourth-order valence-electron chi connectivity index (χ4n) is 2.97. The highest BCUT2D eigenvalue weighted by Gasteiger charge is 2.20. The first-order chi connectivity index (χ1) is 13.0. The summed E-state index contributed by atoms with van der Waals surface area (Å²) >= 11 is 0. The quantitative estimate of drug-likeness (QED) is 0.755. The minimum absolute atomic E-state index is 0.0726. The molecule has 1 fully saturated rings. The predicted octanol–water partition coefficient (Wildman–Crippen LogP) is 2.45. The van der Waals surface area contributed by atoms with E-state index in [4.69, 9.17) is 9.26 Å². The summed E-state index contributed by atoms with van der Waals surface area (Å²) in [5, 5.41) is 9.18. The number of aromatic nitrogens is 1. The number of carbonyl (C=O) groups is 3. The summed E-state index contributed by atoms with van der Waals surface area (Å²) in [4.78, 5) is 36.4. The molecule has 1 aliphatic carbocycles. The average Bonchev–Trinajstić information content (AvgIpc) is 3.32. The van der Waals surface area contributed by atoms with Crippen LogP contribution in [-0.4, -0.2) is 35.6 Å². The number of benzene rings is 1. The van der Waals surface area contributed by atoms with Gasteiger partial charge in [0.1, 0.15) is 0 Å². The molecule has 1 aromatic heterocycles. The number of ether oxygens (including phenoxy) is 1. The molecule has 0 saturated heterocycles. The molecule has 8 heteroatoms. The molecule has 8 nitrogen and oxygen atoms in total. The van der Waals surface area contributed by atoms with Crippen LogP contribution in [0.2, 0.25) is 0 Å². The first-order valence-electron chi connectivity index (χ1n) is 8.83. The third-order valence-corrected chi connectivity index (χ3v) is 4.30. The van der Waals surface area contributed by atoms with E-state index in [1.165, 1.54) is 6.07 Å². The monoisotopic (exact) mass is 371 g/mol. The van der Waals surface area contributed by atoms with Gasteiger partial charge in [0.05, 0.1) is 16.9 Å². The van der Waals surface area contributed by atoms with Gasteiger partial charge in [-0.25, -0.2) is 4.79 Å². The lowest BCUT2D eigenvalue weighted by Gasteiger charge is -2.15. The number of para-hydroxylation sites is 1. The number of nitrogens with zero attached hydrogens (tertiary/aromatic N) is 1. The van der Waals surface area contributed by atoms with Crippen molar-refractivity contribution in [3.8, 4) is 0 Å². The Bertz CT molecular complexity index is 839. The van der Waals surface area contributed by atoms with E-state index in [0.29, 0.717) is 16.9 Å². The number of nitrogens with one attached hydrogen (secondary N) is 2. The van der Waals surface area contributed by atoms with Crippen molar-refractivity contribution in [2.75, 3.05) is 11.9 Å². The molecule has 0 spiro atoms. The van der Waals surface area contributed by atoms with Crippen LogP contribution in [0.3, 0.4) is 0 Å². The first-order valence-corrected chi connectivity index (χ1v) is 8.83. The molecule has 2 aromatic rings. The average molecular weight is 371 g/mol. The van der Waals surface area contributed by atoms with E-state index in [1.54, 1.807) is 31.2 Å². The molecule has 1 saturated carbocycles. The van der Waals surface area contributed by atoms with Gasteiger partial charge in [0, 0.05) is 12.1 Å². The summed E-state index contributed by atoms with van der Waals surface area (Å²) in [6, 6.07) is 8.30. The summed E-state index contributed by atoms with van der Waals surface area (Å²) in [7, 11) is 0. The molecule has 27 heavy (non-hydrogen) atoms. The molecule has 2 amide bonds. The highest BCUT2D eigenvalue weighted by molar-refractivity contribution is 6.04. The maximum absolute atomic E-state index is 12.5. The van der Waals surface area contributed by atoms with E-state index in [9.17, 15) is 14.4 Å². The first kappa shape index (κ1) is 18.6. The molecule has 0 bridgehead atoms. The number of hydrogen-bond acceptors (Lipinski definition) is 6. The van der Waals surface area contributed by atoms with Gasteiger partial charge in [-0.2, -0.15) is 0 Å². The van der Waals surface area contributed by atoms with Crippen LogP contribution in [0, 0.1) is 6.92 Å². The van der Waals surface area contributed by atoms with Gasteiger partial charge in [0.15, 0.2) is 6.61 Å². The molecule has 0 unspecified atom stereocenters. The third-order valence-electron chi connectivity index (χ3n) is 4.30. The lowest BCUT2D eigenvalue weighted by molar-refractivity contribution is -0.119. The van der Waals surface area contributed by atoms with Crippen LogP contribution in [0.25, 0.3) is 0 Å².